The number of methoxy groups -OCH3 is 1. The maximum Gasteiger partial charge on any atom is 0.341 e. The summed E-state index contributed by atoms with van der Waals surface area (Å²) in [5, 5.41) is 12.0. The zero-order chi connectivity index (χ0) is 22.3. The van der Waals surface area contributed by atoms with Crippen molar-refractivity contribution in [3.63, 3.8) is 0 Å². The molecule has 1 saturated heterocycles. The number of morpholine rings is 1. The van der Waals surface area contributed by atoms with Crippen LogP contribution in [0.25, 0.3) is 11.3 Å². The van der Waals surface area contributed by atoms with Crippen LogP contribution in [0.5, 0.6) is 5.75 Å². The number of carbonyl (C=O) groups is 1. The first-order valence-corrected chi connectivity index (χ1v) is 10.5. The van der Waals surface area contributed by atoms with E-state index in [9.17, 15) is 14.7 Å². The highest BCUT2D eigenvalue weighted by molar-refractivity contribution is 6.32. The van der Waals surface area contributed by atoms with Gasteiger partial charge in [0, 0.05) is 38.0 Å². The molecular weight excluding hydrogens is 424 g/mol. The van der Waals surface area contributed by atoms with E-state index in [-0.39, 0.29) is 11.6 Å². The van der Waals surface area contributed by atoms with Crippen molar-refractivity contribution in [3.05, 3.63) is 50.8 Å². The molecule has 0 saturated carbocycles. The largest absolute Gasteiger partial charge is 0.492 e. The maximum absolute atomic E-state index is 12.5. The summed E-state index contributed by atoms with van der Waals surface area (Å²) >= 11 is 6.51. The number of hydrogen-bond donors (Lipinski definition) is 1. The molecule has 0 amide bonds. The third kappa shape index (κ3) is 3.79. The third-order valence-corrected chi connectivity index (χ3v) is 5.93. The standard InChI is InChI=1S/C22H25ClN2O6/c1-22(2)12-30-11-18-14-8-20(31-6-4-5-29-3)16(23)7-13(14)17-9-19(26)15(21(27)28)10-24(17)25(18)22/h7-10,18H,4-6,11-12H2,1-3H3,(H,27,28)/t18-/m0/s1. The molecule has 166 valence electrons. The molecule has 0 bridgehead atoms. The fourth-order valence-corrected chi connectivity index (χ4v) is 4.49. The number of benzene rings is 1. The first-order valence-electron chi connectivity index (χ1n) is 10.1. The van der Waals surface area contributed by atoms with Gasteiger partial charge in [-0.15, -0.1) is 0 Å². The number of rotatable bonds is 6. The van der Waals surface area contributed by atoms with Crippen molar-refractivity contribution >= 4 is 17.6 Å². The number of nitrogens with zero attached hydrogens (tertiary/aromatic N) is 2. The van der Waals surface area contributed by atoms with E-state index >= 15 is 0 Å². The summed E-state index contributed by atoms with van der Waals surface area (Å²) < 4.78 is 18.6. The Morgan fingerprint density at radius 2 is 2.10 bits per heavy atom. The number of fused-ring (bicyclic) bond motifs is 6. The zero-order valence-corrected chi connectivity index (χ0v) is 18.4. The Hall–Kier alpha value is -2.55. The van der Waals surface area contributed by atoms with Crippen LogP contribution in [0.4, 0.5) is 0 Å². The van der Waals surface area contributed by atoms with Gasteiger partial charge in [-0.2, -0.15) is 0 Å². The van der Waals surface area contributed by atoms with Gasteiger partial charge >= 0.3 is 5.97 Å². The monoisotopic (exact) mass is 448 g/mol. The lowest BCUT2D eigenvalue weighted by molar-refractivity contribution is 0.0176. The molecule has 31 heavy (non-hydrogen) atoms. The Kier molecular flexibility index (Phi) is 5.72. The lowest BCUT2D eigenvalue weighted by Crippen LogP contribution is -2.61. The van der Waals surface area contributed by atoms with Crippen LogP contribution >= 0.6 is 11.6 Å². The van der Waals surface area contributed by atoms with Gasteiger partial charge in [0.1, 0.15) is 11.3 Å². The fourth-order valence-electron chi connectivity index (χ4n) is 4.27. The summed E-state index contributed by atoms with van der Waals surface area (Å²) in [5.74, 6) is -0.704. The normalized spacial score (nSPS) is 18.7. The number of pyridine rings is 1. The second kappa shape index (κ2) is 8.18. The fraction of sp³-hybridized carbons (Fsp3) is 0.455. The molecule has 1 atom stereocenters. The molecular formula is C22H25ClN2O6. The number of ether oxygens (including phenoxy) is 3. The maximum atomic E-state index is 12.5. The van der Waals surface area contributed by atoms with E-state index in [0.29, 0.717) is 42.9 Å². The summed E-state index contributed by atoms with van der Waals surface area (Å²) in [6.07, 6.45) is 2.12. The minimum absolute atomic E-state index is 0.200. The van der Waals surface area contributed by atoms with Crippen molar-refractivity contribution in [1.29, 1.82) is 0 Å². The average molecular weight is 449 g/mol. The second-order valence-corrected chi connectivity index (χ2v) is 8.75. The highest BCUT2D eigenvalue weighted by Gasteiger charge is 2.43. The van der Waals surface area contributed by atoms with Crippen LogP contribution in [0, 0.1) is 0 Å². The molecule has 8 nitrogen and oxygen atoms in total. The van der Waals surface area contributed by atoms with Crippen LogP contribution in [0.2, 0.25) is 5.02 Å². The van der Waals surface area contributed by atoms with E-state index in [1.165, 1.54) is 12.3 Å². The van der Waals surface area contributed by atoms with Crippen LogP contribution in [0.1, 0.15) is 42.2 Å². The minimum Gasteiger partial charge on any atom is -0.492 e. The molecule has 1 aromatic heterocycles. The Balaban J connectivity index is 1.88. The quantitative estimate of drug-likeness (QED) is 0.679. The highest BCUT2D eigenvalue weighted by Crippen LogP contribution is 2.45. The Bertz CT molecular complexity index is 1080. The molecule has 2 aromatic rings. The summed E-state index contributed by atoms with van der Waals surface area (Å²) in [6.45, 7) is 5.95. The van der Waals surface area contributed by atoms with Crippen LogP contribution in [0.15, 0.2) is 29.2 Å². The summed E-state index contributed by atoms with van der Waals surface area (Å²) in [6, 6.07) is 4.83. The predicted molar refractivity (Wildman–Crippen MR) is 116 cm³/mol. The highest BCUT2D eigenvalue weighted by atomic mass is 35.5. The second-order valence-electron chi connectivity index (χ2n) is 8.34. The van der Waals surface area contributed by atoms with Crippen molar-refractivity contribution in [3.8, 4) is 17.0 Å². The molecule has 4 rings (SSSR count). The SMILES string of the molecule is COCCCOc1cc2c(cc1Cl)-c1cc(=O)c(C(=O)O)cn1N1[C@H]2COCC1(C)C. The molecule has 0 radical (unpaired) electrons. The van der Waals surface area contributed by atoms with Crippen LogP contribution in [-0.2, 0) is 9.47 Å². The smallest absolute Gasteiger partial charge is 0.341 e. The van der Waals surface area contributed by atoms with Gasteiger partial charge in [0.15, 0.2) is 5.43 Å². The van der Waals surface area contributed by atoms with E-state index in [0.717, 1.165) is 17.5 Å². The van der Waals surface area contributed by atoms with Gasteiger partial charge in [-0.05, 0) is 31.5 Å². The van der Waals surface area contributed by atoms with E-state index in [1.807, 2.05) is 19.9 Å². The predicted octanol–water partition coefficient (Wildman–Crippen LogP) is 3.08. The number of aromatic nitrogens is 1. The first-order chi connectivity index (χ1) is 14.7. The number of halogens is 1. The summed E-state index contributed by atoms with van der Waals surface area (Å²) in [7, 11) is 1.64. The van der Waals surface area contributed by atoms with Gasteiger partial charge in [-0.25, -0.2) is 4.79 Å². The van der Waals surface area contributed by atoms with E-state index in [4.69, 9.17) is 25.8 Å². The Morgan fingerprint density at radius 1 is 1.32 bits per heavy atom. The molecule has 0 spiro atoms. The van der Waals surface area contributed by atoms with Crippen LogP contribution < -0.4 is 15.2 Å². The van der Waals surface area contributed by atoms with E-state index < -0.39 is 16.9 Å². The average Bonchev–Trinajstić information content (AvgIpc) is 2.71. The number of carboxylic acids is 1. The molecule has 0 unspecified atom stereocenters. The van der Waals surface area contributed by atoms with Crippen molar-refractivity contribution in [2.75, 3.05) is 38.5 Å². The van der Waals surface area contributed by atoms with Gasteiger partial charge in [-0.3, -0.25) is 14.5 Å². The third-order valence-electron chi connectivity index (χ3n) is 5.63. The van der Waals surface area contributed by atoms with Gasteiger partial charge in [-0.1, -0.05) is 11.6 Å². The Labute approximate surface area is 184 Å². The zero-order valence-electron chi connectivity index (χ0n) is 17.7. The van der Waals surface area contributed by atoms with E-state index in [1.54, 1.807) is 17.9 Å². The molecule has 0 aliphatic carbocycles. The Morgan fingerprint density at radius 3 is 2.81 bits per heavy atom. The van der Waals surface area contributed by atoms with Crippen molar-refractivity contribution in [2.45, 2.75) is 31.8 Å². The lowest BCUT2D eigenvalue weighted by atomic mass is 9.90. The van der Waals surface area contributed by atoms with Crippen molar-refractivity contribution in [1.82, 2.24) is 4.68 Å². The molecule has 1 aromatic carbocycles. The van der Waals surface area contributed by atoms with Crippen LogP contribution in [-0.4, -0.2) is 54.8 Å². The number of aromatic carboxylic acids is 1. The first kappa shape index (κ1) is 21.7. The van der Waals surface area contributed by atoms with Gasteiger partial charge in [0.2, 0.25) is 0 Å². The number of hydrogen-bond acceptors (Lipinski definition) is 6. The van der Waals surface area contributed by atoms with Crippen LogP contribution in [0.3, 0.4) is 0 Å². The van der Waals surface area contributed by atoms with Gasteiger partial charge in [0.05, 0.1) is 42.1 Å². The summed E-state index contributed by atoms with van der Waals surface area (Å²) in [5.41, 5.74) is 0.984. The molecule has 9 heteroatoms. The molecule has 1 fully saturated rings. The molecule has 2 aliphatic heterocycles. The lowest BCUT2D eigenvalue weighted by Gasteiger charge is -2.53. The van der Waals surface area contributed by atoms with E-state index in [2.05, 4.69) is 5.01 Å². The van der Waals surface area contributed by atoms with Gasteiger partial charge in [0.25, 0.3) is 0 Å². The van der Waals surface area contributed by atoms with Gasteiger partial charge < -0.3 is 19.3 Å². The topological polar surface area (TPSA) is 90.2 Å². The molecule has 2 aliphatic rings. The summed E-state index contributed by atoms with van der Waals surface area (Å²) in [4.78, 5) is 24.1. The van der Waals surface area contributed by atoms with Crippen molar-refractivity contribution in [2.24, 2.45) is 0 Å². The molecule has 1 N–H and O–H groups in total. The van der Waals surface area contributed by atoms with Crippen molar-refractivity contribution < 1.29 is 24.1 Å². The number of carboxylic acid groups (broad SMARTS) is 1. The minimum atomic E-state index is -1.26. The molecule has 3 heterocycles.